The molecule has 2 aromatic rings. The Kier molecular flexibility index (Phi) is 6.60. The lowest BCUT2D eigenvalue weighted by molar-refractivity contribution is -0.133. The standard InChI is InChI=1S/C19H22N4O2.ClH/c1-13(20)18(24)23-11-10-16-14(12-23)6-5-9-17(16)22-19(25)21-15-7-3-2-4-8-15;/h2-9,13H,10-12,20H2,1H3,(H2,21,22,25);1H/t13-;/m1./s1. The van der Waals surface area contributed by atoms with E-state index in [-0.39, 0.29) is 24.3 Å². The van der Waals surface area contributed by atoms with Crippen LogP contribution in [0.5, 0.6) is 0 Å². The van der Waals surface area contributed by atoms with Crippen molar-refractivity contribution in [2.75, 3.05) is 17.2 Å². The van der Waals surface area contributed by atoms with Crippen molar-refractivity contribution in [2.45, 2.75) is 25.9 Å². The summed E-state index contributed by atoms with van der Waals surface area (Å²) in [5.74, 6) is -0.0502. The number of halogens is 1. The monoisotopic (exact) mass is 374 g/mol. The number of nitrogens with one attached hydrogen (secondary N) is 2. The number of carbonyl (C=O) groups excluding carboxylic acids is 2. The first kappa shape index (κ1) is 19.8. The molecule has 0 fully saturated rings. The molecule has 7 heteroatoms. The van der Waals surface area contributed by atoms with Crippen LogP contribution in [-0.4, -0.2) is 29.4 Å². The number of urea groups is 1. The summed E-state index contributed by atoms with van der Waals surface area (Å²) in [5, 5.41) is 5.72. The van der Waals surface area contributed by atoms with Gasteiger partial charge in [0.15, 0.2) is 0 Å². The molecule has 0 radical (unpaired) electrons. The number of rotatable bonds is 3. The minimum Gasteiger partial charge on any atom is -0.337 e. The molecule has 0 saturated heterocycles. The fourth-order valence-electron chi connectivity index (χ4n) is 3.01. The van der Waals surface area contributed by atoms with E-state index in [9.17, 15) is 9.59 Å². The Morgan fingerprint density at radius 1 is 1.08 bits per heavy atom. The molecule has 3 rings (SSSR count). The van der Waals surface area contributed by atoms with Gasteiger partial charge in [0, 0.05) is 24.5 Å². The van der Waals surface area contributed by atoms with Gasteiger partial charge in [-0.3, -0.25) is 4.79 Å². The number of anilines is 2. The number of fused-ring (bicyclic) bond motifs is 1. The van der Waals surface area contributed by atoms with E-state index in [1.54, 1.807) is 11.8 Å². The number of benzene rings is 2. The van der Waals surface area contributed by atoms with Crippen LogP contribution in [0.2, 0.25) is 0 Å². The van der Waals surface area contributed by atoms with Crippen LogP contribution in [-0.2, 0) is 17.8 Å². The third-order valence-corrected chi connectivity index (χ3v) is 4.25. The highest BCUT2D eigenvalue weighted by Crippen LogP contribution is 2.26. The summed E-state index contributed by atoms with van der Waals surface area (Å²) in [6.07, 6.45) is 0.690. The number of amides is 3. The van der Waals surface area contributed by atoms with Crippen LogP contribution in [0.15, 0.2) is 48.5 Å². The molecule has 0 unspecified atom stereocenters. The molecule has 138 valence electrons. The van der Waals surface area contributed by atoms with Gasteiger partial charge in [-0.15, -0.1) is 12.4 Å². The second-order valence-corrected chi connectivity index (χ2v) is 6.19. The van der Waals surface area contributed by atoms with E-state index in [0.29, 0.717) is 19.5 Å². The molecule has 0 aliphatic carbocycles. The molecule has 0 bridgehead atoms. The zero-order valence-electron chi connectivity index (χ0n) is 14.6. The van der Waals surface area contributed by atoms with Crippen molar-refractivity contribution in [2.24, 2.45) is 5.73 Å². The topological polar surface area (TPSA) is 87.5 Å². The molecule has 1 atom stereocenters. The zero-order valence-corrected chi connectivity index (χ0v) is 15.4. The van der Waals surface area contributed by atoms with Crippen molar-refractivity contribution in [3.63, 3.8) is 0 Å². The summed E-state index contributed by atoms with van der Waals surface area (Å²) in [5.41, 5.74) is 9.32. The van der Waals surface area contributed by atoms with Gasteiger partial charge in [0.2, 0.25) is 5.91 Å². The van der Waals surface area contributed by atoms with Crippen molar-refractivity contribution >= 4 is 35.7 Å². The number of nitrogens with two attached hydrogens (primary N) is 1. The third-order valence-electron chi connectivity index (χ3n) is 4.25. The molecule has 1 heterocycles. The van der Waals surface area contributed by atoms with E-state index in [1.807, 2.05) is 48.5 Å². The molecule has 2 aromatic carbocycles. The van der Waals surface area contributed by atoms with Crippen molar-refractivity contribution in [1.82, 2.24) is 4.90 Å². The quantitative estimate of drug-likeness (QED) is 0.771. The Hall–Kier alpha value is -2.57. The van der Waals surface area contributed by atoms with E-state index in [1.165, 1.54) is 0 Å². The summed E-state index contributed by atoms with van der Waals surface area (Å²) in [6.45, 7) is 2.82. The molecule has 0 saturated carbocycles. The molecule has 3 amide bonds. The van der Waals surface area contributed by atoms with E-state index in [0.717, 1.165) is 22.5 Å². The first-order valence-electron chi connectivity index (χ1n) is 8.33. The fraction of sp³-hybridized carbons (Fsp3) is 0.263. The van der Waals surface area contributed by atoms with Crippen LogP contribution in [0, 0.1) is 0 Å². The molecular formula is C19H23ClN4O2. The van der Waals surface area contributed by atoms with Gasteiger partial charge >= 0.3 is 6.03 Å². The smallest absolute Gasteiger partial charge is 0.323 e. The third kappa shape index (κ3) is 4.53. The predicted molar refractivity (Wildman–Crippen MR) is 106 cm³/mol. The van der Waals surface area contributed by atoms with Gasteiger partial charge in [-0.25, -0.2) is 4.79 Å². The summed E-state index contributed by atoms with van der Waals surface area (Å²) in [4.78, 5) is 26.1. The minimum atomic E-state index is -0.500. The lowest BCUT2D eigenvalue weighted by Gasteiger charge is -2.31. The summed E-state index contributed by atoms with van der Waals surface area (Å²) >= 11 is 0. The molecule has 1 aliphatic rings. The predicted octanol–water partition coefficient (Wildman–Crippen LogP) is 2.98. The molecule has 6 nitrogen and oxygen atoms in total. The van der Waals surface area contributed by atoms with Crippen LogP contribution in [0.4, 0.5) is 16.2 Å². The van der Waals surface area contributed by atoms with Crippen LogP contribution in [0.3, 0.4) is 0 Å². The SMILES string of the molecule is C[C@@H](N)C(=O)N1CCc2c(cccc2NC(=O)Nc2ccccc2)C1.Cl. The molecule has 0 spiro atoms. The Bertz CT molecular complexity index is 780. The highest BCUT2D eigenvalue weighted by molar-refractivity contribution is 6.00. The normalized spacial score (nSPS) is 13.8. The summed E-state index contributed by atoms with van der Waals surface area (Å²) in [6, 6.07) is 14.3. The van der Waals surface area contributed by atoms with Gasteiger partial charge in [0.1, 0.15) is 0 Å². The molecular weight excluding hydrogens is 352 g/mol. The van der Waals surface area contributed by atoms with E-state index in [2.05, 4.69) is 10.6 Å². The van der Waals surface area contributed by atoms with Crippen molar-refractivity contribution in [1.29, 1.82) is 0 Å². The van der Waals surface area contributed by atoms with E-state index >= 15 is 0 Å². The molecule has 26 heavy (non-hydrogen) atoms. The summed E-state index contributed by atoms with van der Waals surface area (Å²) < 4.78 is 0. The van der Waals surface area contributed by atoms with Gasteiger partial charge in [-0.1, -0.05) is 30.3 Å². The van der Waals surface area contributed by atoms with E-state index < -0.39 is 6.04 Å². The maximum atomic E-state index is 12.2. The van der Waals surface area contributed by atoms with Gasteiger partial charge in [0.25, 0.3) is 0 Å². The maximum Gasteiger partial charge on any atom is 0.323 e. The lowest BCUT2D eigenvalue weighted by Crippen LogP contribution is -2.44. The summed E-state index contributed by atoms with van der Waals surface area (Å²) in [7, 11) is 0. The number of para-hydroxylation sites is 1. The first-order chi connectivity index (χ1) is 12.0. The highest BCUT2D eigenvalue weighted by atomic mass is 35.5. The average Bonchev–Trinajstić information content (AvgIpc) is 2.61. The lowest BCUT2D eigenvalue weighted by atomic mass is 9.97. The molecule has 0 aromatic heterocycles. The zero-order chi connectivity index (χ0) is 17.8. The van der Waals surface area contributed by atoms with Crippen molar-refractivity contribution in [3.05, 3.63) is 59.7 Å². The second kappa shape index (κ2) is 8.69. The Labute approximate surface area is 159 Å². The number of hydrogen-bond acceptors (Lipinski definition) is 3. The van der Waals surface area contributed by atoms with Gasteiger partial charge in [-0.05, 0) is 42.7 Å². The van der Waals surface area contributed by atoms with Crippen LogP contribution in [0.25, 0.3) is 0 Å². The second-order valence-electron chi connectivity index (χ2n) is 6.19. The highest BCUT2D eigenvalue weighted by Gasteiger charge is 2.24. The van der Waals surface area contributed by atoms with Crippen LogP contribution < -0.4 is 16.4 Å². The largest absolute Gasteiger partial charge is 0.337 e. The van der Waals surface area contributed by atoms with Crippen molar-refractivity contribution in [3.8, 4) is 0 Å². The van der Waals surface area contributed by atoms with Crippen molar-refractivity contribution < 1.29 is 9.59 Å². The number of nitrogens with zero attached hydrogens (tertiary/aromatic N) is 1. The van der Waals surface area contributed by atoms with Gasteiger partial charge < -0.3 is 21.3 Å². The maximum absolute atomic E-state index is 12.2. The Morgan fingerprint density at radius 3 is 2.50 bits per heavy atom. The minimum absolute atomic E-state index is 0. The average molecular weight is 375 g/mol. The Morgan fingerprint density at radius 2 is 1.81 bits per heavy atom. The Balaban J connectivity index is 0.00000243. The number of hydrogen-bond donors (Lipinski definition) is 3. The van der Waals surface area contributed by atoms with Gasteiger partial charge in [-0.2, -0.15) is 0 Å². The van der Waals surface area contributed by atoms with E-state index in [4.69, 9.17) is 5.73 Å². The van der Waals surface area contributed by atoms with Crippen LogP contribution >= 0.6 is 12.4 Å². The first-order valence-corrected chi connectivity index (χ1v) is 8.33. The molecule has 4 N–H and O–H groups in total. The van der Waals surface area contributed by atoms with Crippen LogP contribution in [0.1, 0.15) is 18.1 Å². The molecule has 1 aliphatic heterocycles. The number of carbonyl (C=O) groups is 2. The van der Waals surface area contributed by atoms with Gasteiger partial charge in [0.05, 0.1) is 6.04 Å². The fourth-order valence-corrected chi connectivity index (χ4v) is 3.01.